The Morgan fingerprint density at radius 3 is 2.38 bits per heavy atom. The van der Waals surface area contributed by atoms with Gasteiger partial charge in [0.1, 0.15) is 5.82 Å². The van der Waals surface area contributed by atoms with Crippen molar-refractivity contribution in [1.82, 2.24) is 9.78 Å². The average Bonchev–Trinajstić information content (AvgIpc) is 2.50. The summed E-state index contributed by atoms with van der Waals surface area (Å²) in [5, 5.41) is 2.99. The minimum atomic E-state index is -0.269. The number of nitrogens with zero attached hydrogens (tertiary/aromatic N) is 1. The van der Waals surface area contributed by atoms with Crippen LogP contribution < -0.4 is 5.56 Å². The molecular formula is C12H13FN2O. The number of aromatic amines is 1. The minimum Gasteiger partial charge on any atom is -0.299 e. The normalized spacial score (nSPS) is 10.7. The van der Waals surface area contributed by atoms with Crippen molar-refractivity contribution in [3.63, 3.8) is 0 Å². The largest absolute Gasteiger partial charge is 0.299 e. The molecule has 2 aromatic rings. The molecule has 0 aliphatic rings. The molecule has 16 heavy (non-hydrogen) atoms. The number of benzene rings is 1. The molecule has 3 nitrogen and oxygen atoms in total. The number of rotatable bonds is 2. The summed E-state index contributed by atoms with van der Waals surface area (Å²) in [6, 6.07) is 6.13. The molecule has 0 aliphatic heterocycles. The van der Waals surface area contributed by atoms with E-state index in [2.05, 4.69) is 5.10 Å². The Balaban J connectivity index is 2.30. The Hall–Kier alpha value is -1.84. The van der Waals surface area contributed by atoms with Gasteiger partial charge in [0.15, 0.2) is 0 Å². The summed E-state index contributed by atoms with van der Waals surface area (Å²) in [6.45, 7) is 4.08. The molecule has 0 atom stereocenters. The Labute approximate surface area is 92.5 Å². The van der Waals surface area contributed by atoms with Crippen LogP contribution in [0.2, 0.25) is 0 Å². The van der Waals surface area contributed by atoms with Crippen LogP contribution in [0.1, 0.15) is 16.8 Å². The van der Waals surface area contributed by atoms with Gasteiger partial charge >= 0.3 is 0 Å². The van der Waals surface area contributed by atoms with Crippen molar-refractivity contribution in [2.24, 2.45) is 0 Å². The average molecular weight is 220 g/mol. The van der Waals surface area contributed by atoms with E-state index in [1.54, 1.807) is 19.1 Å². The van der Waals surface area contributed by atoms with Gasteiger partial charge in [-0.15, -0.1) is 0 Å². The first-order valence-corrected chi connectivity index (χ1v) is 5.08. The quantitative estimate of drug-likeness (QED) is 0.825. The summed E-state index contributed by atoms with van der Waals surface area (Å²) in [5.74, 6) is -0.269. The van der Waals surface area contributed by atoms with Gasteiger partial charge in [0, 0.05) is 11.3 Å². The molecule has 1 aromatic heterocycles. The minimum absolute atomic E-state index is 0.0261. The molecule has 0 aliphatic carbocycles. The van der Waals surface area contributed by atoms with Crippen LogP contribution in [0.15, 0.2) is 29.1 Å². The van der Waals surface area contributed by atoms with Crippen LogP contribution in [0.5, 0.6) is 0 Å². The highest BCUT2D eigenvalue weighted by molar-refractivity contribution is 5.18. The van der Waals surface area contributed by atoms with Crippen LogP contribution in [-0.4, -0.2) is 9.78 Å². The van der Waals surface area contributed by atoms with Crippen molar-refractivity contribution in [1.29, 1.82) is 0 Å². The summed E-state index contributed by atoms with van der Waals surface area (Å²) in [4.78, 5) is 11.7. The van der Waals surface area contributed by atoms with Crippen LogP contribution in [0, 0.1) is 19.7 Å². The summed E-state index contributed by atoms with van der Waals surface area (Å²) >= 11 is 0. The maximum Gasteiger partial charge on any atom is 0.269 e. The van der Waals surface area contributed by atoms with E-state index in [1.165, 1.54) is 16.8 Å². The molecule has 2 rings (SSSR count). The van der Waals surface area contributed by atoms with Gasteiger partial charge in [0.25, 0.3) is 5.56 Å². The van der Waals surface area contributed by atoms with Gasteiger partial charge in [-0.25, -0.2) is 9.07 Å². The van der Waals surface area contributed by atoms with E-state index in [0.29, 0.717) is 6.54 Å². The highest BCUT2D eigenvalue weighted by atomic mass is 19.1. The monoisotopic (exact) mass is 220 g/mol. The molecule has 0 saturated carbocycles. The number of hydrogen-bond acceptors (Lipinski definition) is 1. The molecule has 1 heterocycles. The zero-order valence-electron chi connectivity index (χ0n) is 9.25. The number of aromatic nitrogens is 2. The first-order valence-electron chi connectivity index (χ1n) is 5.08. The van der Waals surface area contributed by atoms with E-state index in [9.17, 15) is 9.18 Å². The van der Waals surface area contributed by atoms with Crippen molar-refractivity contribution in [2.75, 3.05) is 0 Å². The number of hydrogen-bond donors (Lipinski definition) is 1. The van der Waals surface area contributed by atoms with Gasteiger partial charge in [0.05, 0.1) is 6.54 Å². The van der Waals surface area contributed by atoms with E-state index in [1.807, 2.05) is 6.92 Å². The lowest BCUT2D eigenvalue weighted by Crippen LogP contribution is -2.18. The maximum atomic E-state index is 12.7. The first kappa shape index (κ1) is 10.7. The third-order valence-corrected chi connectivity index (χ3v) is 2.69. The second-order valence-corrected chi connectivity index (χ2v) is 3.88. The Morgan fingerprint density at radius 1 is 1.25 bits per heavy atom. The molecular weight excluding hydrogens is 207 g/mol. The molecule has 84 valence electrons. The van der Waals surface area contributed by atoms with Gasteiger partial charge in [-0.1, -0.05) is 12.1 Å². The molecule has 0 bridgehead atoms. The van der Waals surface area contributed by atoms with Gasteiger partial charge in [-0.3, -0.25) is 9.89 Å². The zero-order chi connectivity index (χ0) is 11.7. The zero-order valence-corrected chi connectivity index (χ0v) is 9.25. The van der Waals surface area contributed by atoms with E-state index in [-0.39, 0.29) is 11.4 Å². The predicted octanol–water partition coefficient (Wildman–Crippen LogP) is 1.98. The van der Waals surface area contributed by atoms with Crippen molar-refractivity contribution < 1.29 is 4.39 Å². The summed E-state index contributed by atoms with van der Waals surface area (Å²) in [7, 11) is 0. The van der Waals surface area contributed by atoms with Crippen LogP contribution in [0.4, 0.5) is 4.39 Å². The molecule has 0 amide bonds. The fraction of sp³-hybridized carbons (Fsp3) is 0.250. The molecule has 0 fully saturated rings. The van der Waals surface area contributed by atoms with Gasteiger partial charge < -0.3 is 0 Å². The molecule has 1 aromatic carbocycles. The fourth-order valence-electron chi connectivity index (χ4n) is 1.58. The van der Waals surface area contributed by atoms with Gasteiger partial charge in [0.2, 0.25) is 0 Å². The third-order valence-electron chi connectivity index (χ3n) is 2.69. The van der Waals surface area contributed by atoms with Crippen LogP contribution in [0.25, 0.3) is 0 Å². The van der Waals surface area contributed by atoms with Crippen LogP contribution in [-0.2, 0) is 6.54 Å². The molecule has 0 unspecified atom stereocenters. The summed E-state index contributed by atoms with van der Waals surface area (Å²) < 4.78 is 14.2. The molecule has 0 radical (unpaired) electrons. The van der Waals surface area contributed by atoms with E-state index < -0.39 is 0 Å². The Bertz CT molecular complexity index is 551. The van der Waals surface area contributed by atoms with Gasteiger partial charge in [-0.05, 0) is 31.5 Å². The SMILES string of the molecule is Cc1[nH]n(Cc2ccc(F)cc2)c(=O)c1C. The smallest absolute Gasteiger partial charge is 0.269 e. The molecule has 0 spiro atoms. The molecule has 4 heteroatoms. The lowest BCUT2D eigenvalue weighted by molar-refractivity contribution is 0.622. The van der Waals surface area contributed by atoms with Crippen molar-refractivity contribution in [2.45, 2.75) is 20.4 Å². The molecule has 0 saturated heterocycles. The topological polar surface area (TPSA) is 37.8 Å². The summed E-state index contributed by atoms with van der Waals surface area (Å²) in [6.07, 6.45) is 0. The van der Waals surface area contributed by atoms with E-state index in [0.717, 1.165) is 16.8 Å². The number of nitrogens with one attached hydrogen (secondary N) is 1. The second-order valence-electron chi connectivity index (χ2n) is 3.88. The van der Waals surface area contributed by atoms with Crippen molar-refractivity contribution >= 4 is 0 Å². The Kier molecular flexibility index (Phi) is 2.64. The van der Waals surface area contributed by atoms with E-state index in [4.69, 9.17) is 0 Å². The number of aryl methyl sites for hydroxylation is 1. The number of H-pyrrole nitrogens is 1. The van der Waals surface area contributed by atoms with Crippen molar-refractivity contribution in [3.05, 3.63) is 57.3 Å². The lowest BCUT2D eigenvalue weighted by Gasteiger charge is -2.01. The fourth-order valence-corrected chi connectivity index (χ4v) is 1.58. The maximum absolute atomic E-state index is 12.7. The number of halogens is 1. The van der Waals surface area contributed by atoms with Crippen LogP contribution >= 0.6 is 0 Å². The highest BCUT2D eigenvalue weighted by Gasteiger charge is 2.06. The first-order chi connectivity index (χ1) is 7.58. The molecule has 1 N–H and O–H groups in total. The van der Waals surface area contributed by atoms with E-state index >= 15 is 0 Å². The standard InChI is InChI=1S/C12H13FN2O/c1-8-9(2)14-15(12(8)16)7-10-3-5-11(13)6-4-10/h3-6,14H,7H2,1-2H3. The predicted molar refractivity (Wildman–Crippen MR) is 60.0 cm³/mol. The Morgan fingerprint density at radius 2 is 1.88 bits per heavy atom. The second kappa shape index (κ2) is 3.96. The van der Waals surface area contributed by atoms with Gasteiger partial charge in [-0.2, -0.15) is 0 Å². The lowest BCUT2D eigenvalue weighted by atomic mass is 10.2. The highest BCUT2D eigenvalue weighted by Crippen LogP contribution is 2.04. The summed E-state index contributed by atoms with van der Waals surface area (Å²) in [5.41, 5.74) is 2.46. The van der Waals surface area contributed by atoms with Crippen molar-refractivity contribution in [3.8, 4) is 0 Å². The van der Waals surface area contributed by atoms with Crippen LogP contribution in [0.3, 0.4) is 0 Å². The third kappa shape index (κ3) is 1.91.